The number of hydrogen-bond acceptors (Lipinski definition) is 6. The maximum atomic E-state index is 12.4. The van der Waals surface area contributed by atoms with Gasteiger partial charge >= 0.3 is 5.97 Å². The third-order valence-electron chi connectivity index (χ3n) is 3.99. The van der Waals surface area contributed by atoms with Gasteiger partial charge in [0.25, 0.3) is 5.91 Å². The lowest BCUT2D eigenvalue weighted by Gasteiger charge is -2.10. The number of esters is 1. The van der Waals surface area contributed by atoms with Gasteiger partial charge in [0.15, 0.2) is 6.61 Å². The number of carbonyl (C=O) groups excluding carboxylic acids is 3. The van der Waals surface area contributed by atoms with Gasteiger partial charge in [-0.15, -0.1) is 11.8 Å². The van der Waals surface area contributed by atoms with E-state index in [1.807, 2.05) is 0 Å². The summed E-state index contributed by atoms with van der Waals surface area (Å²) in [6.45, 7) is -0.239. The van der Waals surface area contributed by atoms with Crippen LogP contribution in [0.15, 0.2) is 70.2 Å². The zero-order chi connectivity index (χ0) is 22.9. The lowest BCUT2D eigenvalue weighted by molar-refractivity contribution is -0.124. The van der Waals surface area contributed by atoms with E-state index in [1.54, 1.807) is 54.6 Å². The van der Waals surface area contributed by atoms with E-state index in [2.05, 4.69) is 10.6 Å². The largest absolute Gasteiger partial charge is 0.467 e. The van der Waals surface area contributed by atoms with Gasteiger partial charge in [0.1, 0.15) is 5.76 Å². The van der Waals surface area contributed by atoms with Crippen molar-refractivity contribution in [2.75, 3.05) is 17.7 Å². The van der Waals surface area contributed by atoms with Gasteiger partial charge in [0, 0.05) is 20.6 Å². The first-order valence-electron chi connectivity index (χ1n) is 9.34. The molecule has 2 aromatic carbocycles. The SMILES string of the molecule is O=C(COC(=O)c1ccccc1SCC(=O)Nc1cc(Cl)cc(Cl)c1)NCc1ccco1. The number of halogens is 2. The first-order chi connectivity index (χ1) is 15.4. The smallest absolute Gasteiger partial charge is 0.339 e. The highest BCUT2D eigenvalue weighted by atomic mass is 35.5. The third kappa shape index (κ3) is 7.33. The summed E-state index contributed by atoms with van der Waals surface area (Å²) in [4.78, 5) is 37.2. The third-order valence-corrected chi connectivity index (χ3v) is 5.50. The maximum Gasteiger partial charge on any atom is 0.339 e. The molecule has 32 heavy (non-hydrogen) atoms. The molecule has 1 heterocycles. The van der Waals surface area contributed by atoms with Crippen molar-refractivity contribution in [2.45, 2.75) is 11.4 Å². The molecule has 3 rings (SSSR count). The number of rotatable bonds is 9. The fourth-order valence-corrected chi connectivity index (χ4v) is 3.95. The van der Waals surface area contributed by atoms with Crippen molar-refractivity contribution in [1.29, 1.82) is 0 Å². The number of anilines is 1. The molecule has 0 aliphatic rings. The van der Waals surface area contributed by atoms with Crippen LogP contribution in [0.5, 0.6) is 0 Å². The summed E-state index contributed by atoms with van der Waals surface area (Å²) in [7, 11) is 0. The zero-order valence-corrected chi connectivity index (χ0v) is 18.9. The van der Waals surface area contributed by atoms with Crippen molar-refractivity contribution < 1.29 is 23.5 Å². The topological polar surface area (TPSA) is 97.6 Å². The minimum absolute atomic E-state index is 0.0397. The highest BCUT2D eigenvalue weighted by molar-refractivity contribution is 8.00. The fraction of sp³-hybridized carbons (Fsp3) is 0.136. The number of thioether (sulfide) groups is 1. The second kappa shape index (κ2) is 11.6. The number of ether oxygens (including phenoxy) is 1. The van der Waals surface area contributed by atoms with Crippen molar-refractivity contribution in [3.05, 3.63) is 82.2 Å². The lowest BCUT2D eigenvalue weighted by atomic mass is 10.2. The molecule has 10 heteroatoms. The normalized spacial score (nSPS) is 10.4. The lowest BCUT2D eigenvalue weighted by Crippen LogP contribution is -2.28. The van der Waals surface area contributed by atoms with Gasteiger partial charge < -0.3 is 19.8 Å². The highest BCUT2D eigenvalue weighted by Crippen LogP contribution is 2.25. The number of nitrogens with one attached hydrogen (secondary N) is 2. The minimum Gasteiger partial charge on any atom is -0.467 e. The van der Waals surface area contributed by atoms with E-state index in [9.17, 15) is 14.4 Å². The molecule has 7 nitrogen and oxygen atoms in total. The molecule has 0 fully saturated rings. The van der Waals surface area contributed by atoms with Crippen LogP contribution in [0.1, 0.15) is 16.1 Å². The van der Waals surface area contributed by atoms with Crippen molar-refractivity contribution in [3.63, 3.8) is 0 Å². The molecule has 0 bridgehead atoms. The van der Waals surface area contributed by atoms with Gasteiger partial charge in [-0.1, -0.05) is 35.3 Å². The number of hydrogen-bond donors (Lipinski definition) is 2. The van der Waals surface area contributed by atoms with Gasteiger partial charge in [0.05, 0.1) is 24.1 Å². The molecule has 0 saturated carbocycles. The second-order valence-corrected chi connectivity index (χ2v) is 8.31. The zero-order valence-electron chi connectivity index (χ0n) is 16.6. The molecule has 0 aliphatic heterocycles. The van der Waals surface area contributed by atoms with Crippen molar-refractivity contribution >= 4 is 58.4 Å². The first-order valence-corrected chi connectivity index (χ1v) is 11.1. The minimum atomic E-state index is -0.664. The Hall–Kier alpha value is -2.94. The Labute approximate surface area is 198 Å². The number of carbonyl (C=O) groups is 3. The van der Waals surface area contributed by atoms with Crippen LogP contribution in [0.2, 0.25) is 10.0 Å². The molecule has 166 valence electrons. The molecular formula is C22H18Cl2N2O5S. The summed E-state index contributed by atoms with van der Waals surface area (Å²) < 4.78 is 10.2. The molecule has 0 radical (unpaired) electrons. The van der Waals surface area contributed by atoms with Gasteiger partial charge in [-0.3, -0.25) is 9.59 Å². The second-order valence-electron chi connectivity index (χ2n) is 6.42. The predicted octanol–water partition coefficient (Wildman–Crippen LogP) is 4.79. The summed E-state index contributed by atoms with van der Waals surface area (Å²) >= 11 is 13.0. The maximum absolute atomic E-state index is 12.4. The van der Waals surface area contributed by atoms with Crippen molar-refractivity contribution in [2.24, 2.45) is 0 Å². The summed E-state index contributed by atoms with van der Waals surface area (Å²) in [6.07, 6.45) is 1.50. The van der Waals surface area contributed by atoms with Crippen LogP contribution in [-0.4, -0.2) is 30.1 Å². The monoisotopic (exact) mass is 492 g/mol. The molecule has 2 N–H and O–H groups in total. The molecule has 0 atom stereocenters. The molecule has 0 saturated heterocycles. The van der Waals surface area contributed by atoms with E-state index in [4.69, 9.17) is 32.4 Å². The Morgan fingerprint density at radius 3 is 2.44 bits per heavy atom. The Balaban J connectivity index is 1.51. The first kappa shape index (κ1) is 23.7. The van der Waals surface area contributed by atoms with Crippen LogP contribution in [0.4, 0.5) is 5.69 Å². The van der Waals surface area contributed by atoms with Gasteiger partial charge in [0.2, 0.25) is 5.91 Å². The van der Waals surface area contributed by atoms with Gasteiger partial charge in [-0.2, -0.15) is 0 Å². The number of furan rings is 1. The summed E-state index contributed by atoms with van der Waals surface area (Å²) in [5.41, 5.74) is 0.733. The summed E-state index contributed by atoms with van der Waals surface area (Å²) in [5, 5.41) is 6.10. The predicted molar refractivity (Wildman–Crippen MR) is 123 cm³/mol. The molecule has 0 spiro atoms. The van der Waals surface area contributed by atoms with Crippen LogP contribution >= 0.6 is 35.0 Å². The molecule has 1 aromatic heterocycles. The quantitative estimate of drug-likeness (QED) is 0.329. The number of amides is 2. The van der Waals surface area contributed by atoms with Crippen LogP contribution in [0, 0.1) is 0 Å². The van der Waals surface area contributed by atoms with E-state index in [1.165, 1.54) is 6.26 Å². The average molecular weight is 493 g/mol. The Morgan fingerprint density at radius 2 is 1.72 bits per heavy atom. The summed E-state index contributed by atoms with van der Waals surface area (Å²) in [5.74, 6) is -0.792. The Morgan fingerprint density at radius 1 is 0.969 bits per heavy atom. The Bertz CT molecular complexity index is 1090. The Kier molecular flexibility index (Phi) is 8.61. The van der Waals surface area contributed by atoms with Gasteiger partial charge in [-0.05, 0) is 42.5 Å². The van der Waals surface area contributed by atoms with Crippen molar-refractivity contribution in [1.82, 2.24) is 5.32 Å². The average Bonchev–Trinajstić information content (AvgIpc) is 3.28. The van der Waals surface area contributed by atoms with E-state index < -0.39 is 18.5 Å². The van der Waals surface area contributed by atoms with Crippen LogP contribution in [-0.2, 0) is 20.9 Å². The molecule has 0 aliphatic carbocycles. The molecule has 0 unspecified atom stereocenters. The summed E-state index contributed by atoms with van der Waals surface area (Å²) in [6, 6.07) is 14.8. The van der Waals surface area contributed by atoms with E-state index in [0.29, 0.717) is 26.4 Å². The number of benzene rings is 2. The molecule has 2 amide bonds. The fourth-order valence-electron chi connectivity index (χ4n) is 2.59. The van der Waals surface area contributed by atoms with Gasteiger partial charge in [-0.25, -0.2) is 4.79 Å². The van der Waals surface area contributed by atoms with Crippen LogP contribution in [0.25, 0.3) is 0 Å². The molecule has 3 aromatic rings. The van der Waals surface area contributed by atoms with E-state index in [0.717, 1.165) is 11.8 Å². The standard InChI is InChI=1S/C22H18Cl2N2O5S/c23-14-8-15(24)10-16(9-14)26-21(28)13-32-19-6-2-1-5-18(19)22(29)31-12-20(27)25-11-17-4-3-7-30-17/h1-10H,11-13H2,(H,25,27)(H,26,28). The molecular weight excluding hydrogens is 475 g/mol. The van der Waals surface area contributed by atoms with E-state index in [-0.39, 0.29) is 23.8 Å². The van der Waals surface area contributed by atoms with Crippen molar-refractivity contribution in [3.8, 4) is 0 Å². The van der Waals surface area contributed by atoms with Crippen LogP contribution < -0.4 is 10.6 Å². The van der Waals surface area contributed by atoms with Crippen LogP contribution in [0.3, 0.4) is 0 Å². The van der Waals surface area contributed by atoms with E-state index >= 15 is 0 Å². The highest BCUT2D eigenvalue weighted by Gasteiger charge is 2.16.